The van der Waals surface area contributed by atoms with Crippen LogP contribution in [-0.2, 0) is 10.2 Å². The van der Waals surface area contributed by atoms with Crippen molar-refractivity contribution in [2.45, 2.75) is 41.6 Å². The molecule has 1 amide bonds. The van der Waals surface area contributed by atoms with Crippen LogP contribution in [0, 0.1) is 0 Å². The summed E-state index contributed by atoms with van der Waals surface area (Å²) in [6.45, 7) is 7.95. The molecular weight excluding hydrogens is 426 g/mol. The van der Waals surface area contributed by atoms with Crippen molar-refractivity contribution in [1.82, 2.24) is 5.32 Å². The van der Waals surface area contributed by atoms with Gasteiger partial charge in [-0.2, -0.15) is 0 Å². The molecule has 1 atom stereocenters. The minimum atomic E-state index is -0.571. The molecule has 1 unspecified atom stereocenters. The Morgan fingerprint density at radius 1 is 0.970 bits per heavy atom. The summed E-state index contributed by atoms with van der Waals surface area (Å²) >= 11 is 1.83. The number of carbonyl (C=O) groups is 1. The average molecular weight is 454 g/mol. The summed E-state index contributed by atoms with van der Waals surface area (Å²) in [5, 5.41) is 3.32. The van der Waals surface area contributed by atoms with Gasteiger partial charge in [0, 0.05) is 27.4 Å². The first kappa shape index (κ1) is 20.4. The number of hydrogen-bond acceptors (Lipinski definition) is 4. The number of hydrogen-bond donors (Lipinski definition) is 1. The molecular formula is C28H27N3OS. The van der Waals surface area contributed by atoms with Crippen LogP contribution in [0.2, 0.25) is 0 Å². The highest BCUT2D eigenvalue weighted by atomic mass is 32.2. The molecule has 4 nitrogen and oxygen atoms in total. The molecule has 3 aliphatic heterocycles. The topological polar surface area (TPSA) is 35.6 Å². The van der Waals surface area contributed by atoms with Gasteiger partial charge in [0.2, 0.25) is 5.91 Å². The van der Waals surface area contributed by atoms with Gasteiger partial charge in [0.15, 0.2) is 0 Å². The number of nitrogens with one attached hydrogen (secondary N) is 1. The third kappa shape index (κ3) is 2.81. The van der Waals surface area contributed by atoms with E-state index < -0.39 is 5.66 Å². The van der Waals surface area contributed by atoms with Crippen molar-refractivity contribution in [3.63, 3.8) is 0 Å². The molecule has 3 aromatic rings. The van der Waals surface area contributed by atoms with E-state index >= 15 is 0 Å². The number of rotatable bonds is 3. The second-order valence-electron chi connectivity index (χ2n) is 9.42. The summed E-state index contributed by atoms with van der Waals surface area (Å²) < 4.78 is 0. The molecule has 3 aromatic carbocycles. The number of carbonyl (C=O) groups excluding carboxylic acids is 1. The molecule has 1 N–H and O–H groups in total. The number of fused-ring (bicyclic) bond motifs is 5. The molecule has 5 heteroatoms. The molecule has 0 aromatic heterocycles. The number of amides is 1. The van der Waals surface area contributed by atoms with Gasteiger partial charge in [-0.25, -0.2) is 0 Å². The van der Waals surface area contributed by atoms with Gasteiger partial charge in [0.1, 0.15) is 5.66 Å². The third-order valence-electron chi connectivity index (χ3n) is 7.36. The zero-order chi connectivity index (χ0) is 22.8. The fourth-order valence-corrected chi connectivity index (χ4v) is 6.79. The maximum atomic E-state index is 12.6. The first-order valence-corrected chi connectivity index (χ1v) is 12.3. The third-order valence-corrected chi connectivity index (χ3v) is 8.47. The van der Waals surface area contributed by atoms with Gasteiger partial charge in [-0.05, 0) is 54.5 Å². The molecule has 3 heterocycles. The van der Waals surface area contributed by atoms with E-state index in [1.807, 2.05) is 11.8 Å². The predicted octanol–water partition coefficient (Wildman–Crippen LogP) is 5.95. The van der Waals surface area contributed by atoms with Crippen molar-refractivity contribution >= 4 is 40.8 Å². The SMILES string of the molecule is CCN1c2ccccc2Sc2cc(C=CC34NC(=O)CN3c3ccccc3C4(C)C)ccc21. The van der Waals surface area contributed by atoms with E-state index in [1.165, 1.54) is 26.7 Å². The van der Waals surface area contributed by atoms with Crippen LogP contribution in [0.5, 0.6) is 0 Å². The number of benzene rings is 3. The van der Waals surface area contributed by atoms with Crippen molar-refractivity contribution in [2.75, 3.05) is 22.9 Å². The lowest BCUT2D eigenvalue weighted by atomic mass is 9.75. The summed E-state index contributed by atoms with van der Waals surface area (Å²) in [6, 6.07) is 23.7. The summed E-state index contributed by atoms with van der Waals surface area (Å²) in [6.07, 6.45) is 4.36. The number of nitrogens with zero attached hydrogens (tertiary/aromatic N) is 2. The Morgan fingerprint density at radius 3 is 2.52 bits per heavy atom. The lowest BCUT2D eigenvalue weighted by Crippen LogP contribution is -2.58. The normalized spacial score (nSPS) is 22.1. The van der Waals surface area contributed by atoms with Crippen LogP contribution in [0.1, 0.15) is 31.9 Å². The second-order valence-corrected chi connectivity index (χ2v) is 10.5. The highest BCUT2D eigenvalue weighted by molar-refractivity contribution is 7.99. The predicted molar refractivity (Wildman–Crippen MR) is 136 cm³/mol. The highest BCUT2D eigenvalue weighted by Gasteiger charge is 2.59. The minimum absolute atomic E-state index is 0.0680. The minimum Gasteiger partial charge on any atom is -0.340 e. The lowest BCUT2D eigenvalue weighted by Gasteiger charge is -2.40. The van der Waals surface area contributed by atoms with Gasteiger partial charge in [-0.1, -0.05) is 68.1 Å². The lowest BCUT2D eigenvalue weighted by molar-refractivity contribution is -0.118. The molecule has 166 valence electrons. The molecule has 1 fully saturated rings. The summed E-state index contributed by atoms with van der Waals surface area (Å²) in [5.41, 5.74) is 5.24. The molecule has 1 saturated heterocycles. The Balaban J connectivity index is 1.39. The summed E-state index contributed by atoms with van der Waals surface area (Å²) in [7, 11) is 0. The molecule has 0 radical (unpaired) electrons. The summed E-state index contributed by atoms with van der Waals surface area (Å²) in [4.78, 5) is 19.7. The smallest absolute Gasteiger partial charge is 0.241 e. The Labute approximate surface area is 199 Å². The summed E-state index contributed by atoms with van der Waals surface area (Å²) in [5.74, 6) is 0.0680. The Kier molecular flexibility index (Phi) is 4.43. The van der Waals surface area contributed by atoms with E-state index in [1.54, 1.807) is 0 Å². The van der Waals surface area contributed by atoms with Crippen LogP contribution in [0.25, 0.3) is 6.08 Å². The maximum absolute atomic E-state index is 12.6. The second kappa shape index (κ2) is 7.16. The van der Waals surface area contributed by atoms with Gasteiger partial charge >= 0.3 is 0 Å². The van der Waals surface area contributed by atoms with E-state index in [2.05, 4.69) is 115 Å². The van der Waals surface area contributed by atoms with Crippen LogP contribution < -0.4 is 15.1 Å². The van der Waals surface area contributed by atoms with Crippen molar-refractivity contribution in [3.05, 3.63) is 83.9 Å². The van der Waals surface area contributed by atoms with E-state index in [0.29, 0.717) is 6.54 Å². The molecule has 0 aliphatic carbocycles. The zero-order valence-corrected chi connectivity index (χ0v) is 19.9. The van der Waals surface area contributed by atoms with Gasteiger partial charge in [0.05, 0.1) is 17.9 Å². The van der Waals surface area contributed by atoms with E-state index in [9.17, 15) is 4.79 Å². The quantitative estimate of drug-likeness (QED) is 0.532. The Morgan fingerprint density at radius 2 is 1.70 bits per heavy atom. The number of anilines is 3. The zero-order valence-electron chi connectivity index (χ0n) is 19.1. The Bertz CT molecular complexity index is 1310. The van der Waals surface area contributed by atoms with Crippen LogP contribution in [0.15, 0.2) is 82.6 Å². The van der Waals surface area contributed by atoms with Gasteiger partial charge < -0.3 is 15.1 Å². The van der Waals surface area contributed by atoms with E-state index in [0.717, 1.165) is 17.8 Å². The van der Waals surface area contributed by atoms with Crippen LogP contribution >= 0.6 is 11.8 Å². The first-order valence-electron chi connectivity index (χ1n) is 11.5. The largest absolute Gasteiger partial charge is 0.340 e. The van der Waals surface area contributed by atoms with Crippen molar-refractivity contribution in [3.8, 4) is 0 Å². The molecule has 6 rings (SSSR count). The molecule has 3 aliphatic rings. The van der Waals surface area contributed by atoms with Crippen molar-refractivity contribution in [2.24, 2.45) is 0 Å². The fourth-order valence-electron chi connectivity index (χ4n) is 5.65. The van der Waals surface area contributed by atoms with Gasteiger partial charge in [-0.3, -0.25) is 4.79 Å². The van der Waals surface area contributed by atoms with E-state index in [4.69, 9.17) is 0 Å². The maximum Gasteiger partial charge on any atom is 0.241 e. The van der Waals surface area contributed by atoms with Crippen LogP contribution in [0.3, 0.4) is 0 Å². The van der Waals surface area contributed by atoms with Crippen LogP contribution in [-0.4, -0.2) is 24.7 Å². The fraction of sp³-hybridized carbons (Fsp3) is 0.250. The molecule has 0 saturated carbocycles. The average Bonchev–Trinajstić information content (AvgIpc) is 3.26. The molecule has 0 bridgehead atoms. The molecule has 33 heavy (non-hydrogen) atoms. The van der Waals surface area contributed by atoms with Gasteiger partial charge in [0.25, 0.3) is 0 Å². The first-order chi connectivity index (χ1) is 15.9. The Hall–Kier alpha value is -3.18. The highest BCUT2D eigenvalue weighted by Crippen LogP contribution is 2.53. The van der Waals surface area contributed by atoms with Crippen molar-refractivity contribution in [1.29, 1.82) is 0 Å². The number of para-hydroxylation sites is 2. The standard InChI is InChI=1S/C28H27N3OS/c1-4-30-22-11-7-8-12-24(22)33-25-17-19(13-14-23(25)30)15-16-28-27(2,3)20-9-5-6-10-21(20)31(28)18-26(32)29-28/h5-17H,4,18H2,1-3H3,(H,29,32). The van der Waals surface area contributed by atoms with Gasteiger partial charge in [-0.15, -0.1) is 0 Å². The van der Waals surface area contributed by atoms with Crippen molar-refractivity contribution < 1.29 is 4.79 Å². The van der Waals surface area contributed by atoms with E-state index in [-0.39, 0.29) is 11.3 Å². The monoisotopic (exact) mass is 453 g/mol. The van der Waals surface area contributed by atoms with Crippen LogP contribution in [0.4, 0.5) is 17.1 Å². The molecule has 0 spiro atoms.